The van der Waals surface area contributed by atoms with E-state index in [0.29, 0.717) is 5.92 Å². The Bertz CT molecular complexity index is 384. The fourth-order valence-electron chi connectivity index (χ4n) is 2.54. The van der Waals surface area contributed by atoms with E-state index < -0.39 is 6.10 Å². The smallest absolute Gasteiger partial charge is 0.125 e. The zero-order valence-corrected chi connectivity index (χ0v) is 12.4. The van der Waals surface area contributed by atoms with Gasteiger partial charge in [-0.05, 0) is 43.9 Å². The number of aliphatic hydroxyl groups is 1. The van der Waals surface area contributed by atoms with E-state index in [-0.39, 0.29) is 0 Å². The largest absolute Gasteiger partial charge is 0.493 e. The lowest BCUT2D eigenvalue weighted by molar-refractivity contribution is 0.177. The molecule has 1 fully saturated rings. The van der Waals surface area contributed by atoms with Crippen LogP contribution >= 0.6 is 15.9 Å². The standard InChI is InChI=1S/C15H21BrO2/c1-11(17)14-9-13(16)7-8-15(14)18-10-12-5-3-2-4-6-12/h7-9,11-12,17H,2-6,10H2,1H3/t11-/m0/s1. The SMILES string of the molecule is C[C@H](O)c1cc(Br)ccc1OCC1CCCCC1. The summed E-state index contributed by atoms with van der Waals surface area (Å²) in [5, 5.41) is 9.77. The Morgan fingerprint density at radius 1 is 1.33 bits per heavy atom. The predicted octanol–water partition coefficient (Wildman–Crippen LogP) is 4.46. The molecule has 1 N–H and O–H groups in total. The molecule has 0 bridgehead atoms. The molecule has 18 heavy (non-hydrogen) atoms. The third-order valence-corrected chi connectivity index (χ3v) is 4.11. The molecule has 0 aliphatic heterocycles. The van der Waals surface area contributed by atoms with Crippen molar-refractivity contribution in [1.82, 2.24) is 0 Å². The molecule has 1 saturated carbocycles. The highest BCUT2D eigenvalue weighted by molar-refractivity contribution is 9.10. The molecule has 1 aromatic rings. The van der Waals surface area contributed by atoms with Gasteiger partial charge in [0.25, 0.3) is 0 Å². The van der Waals surface area contributed by atoms with E-state index in [9.17, 15) is 5.11 Å². The number of halogens is 1. The van der Waals surface area contributed by atoms with Crippen LogP contribution in [0.25, 0.3) is 0 Å². The number of hydrogen-bond acceptors (Lipinski definition) is 2. The van der Waals surface area contributed by atoms with Crippen LogP contribution in [0.15, 0.2) is 22.7 Å². The molecule has 0 spiro atoms. The van der Waals surface area contributed by atoms with Gasteiger partial charge >= 0.3 is 0 Å². The number of hydrogen-bond donors (Lipinski definition) is 1. The van der Waals surface area contributed by atoms with Crippen molar-refractivity contribution in [1.29, 1.82) is 0 Å². The first kappa shape index (κ1) is 13.9. The molecule has 0 unspecified atom stereocenters. The number of rotatable bonds is 4. The van der Waals surface area contributed by atoms with Gasteiger partial charge in [0, 0.05) is 10.0 Å². The van der Waals surface area contributed by atoms with Gasteiger partial charge in [0.05, 0.1) is 12.7 Å². The van der Waals surface area contributed by atoms with Crippen molar-refractivity contribution in [3.8, 4) is 5.75 Å². The van der Waals surface area contributed by atoms with E-state index in [1.807, 2.05) is 18.2 Å². The second kappa shape index (κ2) is 6.58. The van der Waals surface area contributed by atoms with Crippen LogP contribution in [-0.2, 0) is 0 Å². The van der Waals surface area contributed by atoms with Crippen LogP contribution in [0.5, 0.6) is 5.75 Å². The van der Waals surface area contributed by atoms with Crippen molar-refractivity contribution in [2.45, 2.75) is 45.1 Å². The van der Waals surface area contributed by atoms with Crippen molar-refractivity contribution in [2.75, 3.05) is 6.61 Å². The minimum atomic E-state index is -0.496. The summed E-state index contributed by atoms with van der Waals surface area (Å²) in [6, 6.07) is 5.83. The second-order valence-electron chi connectivity index (χ2n) is 5.17. The maximum atomic E-state index is 9.77. The van der Waals surface area contributed by atoms with Gasteiger partial charge in [-0.15, -0.1) is 0 Å². The summed E-state index contributed by atoms with van der Waals surface area (Å²) in [5.74, 6) is 1.50. The third kappa shape index (κ3) is 3.72. The molecule has 3 heteroatoms. The molecule has 2 nitrogen and oxygen atoms in total. The molecular formula is C15H21BrO2. The first-order chi connectivity index (χ1) is 8.66. The highest BCUT2D eigenvalue weighted by Crippen LogP contribution is 2.30. The fraction of sp³-hybridized carbons (Fsp3) is 0.600. The molecule has 1 aromatic carbocycles. The number of aliphatic hydroxyl groups excluding tert-OH is 1. The number of benzene rings is 1. The molecule has 0 radical (unpaired) electrons. The van der Waals surface area contributed by atoms with Crippen molar-refractivity contribution < 1.29 is 9.84 Å². The molecule has 1 aliphatic carbocycles. The fourth-order valence-corrected chi connectivity index (χ4v) is 2.92. The summed E-state index contributed by atoms with van der Waals surface area (Å²) in [6.07, 6.45) is 6.09. The minimum Gasteiger partial charge on any atom is -0.493 e. The first-order valence-electron chi connectivity index (χ1n) is 6.77. The summed E-state index contributed by atoms with van der Waals surface area (Å²) >= 11 is 3.43. The van der Waals surface area contributed by atoms with Gasteiger partial charge in [0.15, 0.2) is 0 Å². The van der Waals surface area contributed by atoms with Crippen LogP contribution in [0.1, 0.15) is 50.7 Å². The lowest BCUT2D eigenvalue weighted by Gasteiger charge is -2.23. The van der Waals surface area contributed by atoms with Crippen molar-refractivity contribution >= 4 is 15.9 Å². The van der Waals surface area contributed by atoms with Gasteiger partial charge in [-0.25, -0.2) is 0 Å². The maximum absolute atomic E-state index is 9.77. The van der Waals surface area contributed by atoms with Crippen LogP contribution in [0, 0.1) is 5.92 Å². The molecule has 2 rings (SSSR count). The van der Waals surface area contributed by atoms with Gasteiger partial charge in [-0.2, -0.15) is 0 Å². The summed E-state index contributed by atoms with van der Waals surface area (Å²) in [7, 11) is 0. The predicted molar refractivity (Wildman–Crippen MR) is 76.8 cm³/mol. The monoisotopic (exact) mass is 312 g/mol. The molecule has 0 heterocycles. The van der Waals surface area contributed by atoms with E-state index in [0.717, 1.165) is 22.4 Å². The lowest BCUT2D eigenvalue weighted by Crippen LogP contribution is -2.16. The normalized spacial score (nSPS) is 18.6. The quantitative estimate of drug-likeness (QED) is 0.889. The zero-order chi connectivity index (χ0) is 13.0. The minimum absolute atomic E-state index is 0.496. The molecule has 0 amide bonds. The second-order valence-corrected chi connectivity index (χ2v) is 6.09. The Balaban J connectivity index is 1.99. The Morgan fingerprint density at radius 2 is 2.06 bits per heavy atom. The third-order valence-electron chi connectivity index (χ3n) is 3.62. The Kier molecular flexibility index (Phi) is 5.07. The Morgan fingerprint density at radius 3 is 2.72 bits per heavy atom. The summed E-state index contributed by atoms with van der Waals surface area (Å²) in [4.78, 5) is 0. The topological polar surface area (TPSA) is 29.5 Å². The average molecular weight is 313 g/mol. The average Bonchev–Trinajstić information content (AvgIpc) is 2.38. The van der Waals surface area contributed by atoms with Crippen LogP contribution in [0.4, 0.5) is 0 Å². The summed E-state index contributed by atoms with van der Waals surface area (Å²) in [6.45, 7) is 2.55. The van der Waals surface area contributed by atoms with Gasteiger partial charge < -0.3 is 9.84 Å². The van der Waals surface area contributed by atoms with Crippen LogP contribution in [-0.4, -0.2) is 11.7 Å². The molecular weight excluding hydrogens is 292 g/mol. The lowest BCUT2D eigenvalue weighted by atomic mass is 9.90. The number of ether oxygens (including phenoxy) is 1. The maximum Gasteiger partial charge on any atom is 0.125 e. The van der Waals surface area contributed by atoms with E-state index >= 15 is 0 Å². The van der Waals surface area contributed by atoms with E-state index in [1.165, 1.54) is 32.1 Å². The highest BCUT2D eigenvalue weighted by atomic mass is 79.9. The molecule has 0 aromatic heterocycles. The Hall–Kier alpha value is -0.540. The van der Waals surface area contributed by atoms with Crippen molar-refractivity contribution in [3.05, 3.63) is 28.2 Å². The van der Waals surface area contributed by atoms with Crippen molar-refractivity contribution in [3.63, 3.8) is 0 Å². The van der Waals surface area contributed by atoms with Gasteiger partial charge in [0.2, 0.25) is 0 Å². The van der Waals surface area contributed by atoms with Gasteiger partial charge in [-0.1, -0.05) is 35.2 Å². The summed E-state index contributed by atoms with van der Waals surface area (Å²) < 4.78 is 6.89. The molecule has 1 aliphatic rings. The van der Waals surface area contributed by atoms with Crippen LogP contribution in [0.3, 0.4) is 0 Å². The van der Waals surface area contributed by atoms with Crippen LogP contribution in [0.2, 0.25) is 0 Å². The highest BCUT2D eigenvalue weighted by Gasteiger charge is 2.16. The van der Waals surface area contributed by atoms with E-state index in [2.05, 4.69) is 15.9 Å². The van der Waals surface area contributed by atoms with Crippen LogP contribution < -0.4 is 4.74 Å². The van der Waals surface area contributed by atoms with Gasteiger partial charge in [0.1, 0.15) is 5.75 Å². The van der Waals surface area contributed by atoms with E-state index in [4.69, 9.17) is 4.74 Å². The molecule has 1 atom stereocenters. The van der Waals surface area contributed by atoms with Gasteiger partial charge in [-0.3, -0.25) is 0 Å². The zero-order valence-electron chi connectivity index (χ0n) is 10.9. The Labute approximate surface area is 117 Å². The molecule has 100 valence electrons. The first-order valence-corrected chi connectivity index (χ1v) is 7.56. The summed E-state index contributed by atoms with van der Waals surface area (Å²) in [5.41, 5.74) is 0.861. The van der Waals surface area contributed by atoms with Crippen molar-refractivity contribution in [2.24, 2.45) is 5.92 Å². The van der Waals surface area contributed by atoms with E-state index in [1.54, 1.807) is 6.92 Å². The molecule has 0 saturated heterocycles.